The van der Waals surface area contributed by atoms with E-state index in [0.29, 0.717) is 6.42 Å². The van der Waals surface area contributed by atoms with E-state index in [4.69, 9.17) is 38.9 Å². The number of amides is 3. The molecule has 0 bridgehead atoms. The summed E-state index contributed by atoms with van der Waals surface area (Å²) in [7, 11) is 0. The predicted molar refractivity (Wildman–Crippen MR) is 132 cm³/mol. The number of nitrogens with two attached hydrogens (primary N) is 5. The van der Waals surface area contributed by atoms with E-state index in [2.05, 4.69) is 38.6 Å². The number of aliphatic carboxylic acids is 1. The van der Waals surface area contributed by atoms with Crippen molar-refractivity contribution >= 4 is 48.2 Å². The van der Waals surface area contributed by atoms with Gasteiger partial charge in [0.05, 0.1) is 12.6 Å². The van der Waals surface area contributed by atoms with Crippen LogP contribution in [0.1, 0.15) is 25.7 Å². The van der Waals surface area contributed by atoms with Crippen molar-refractivity contribution in [1.29, 1.82) is 0 Å². The van der Waals surface area contributed by atoms with Crippen molar-refractivity contribution in [3.05, 3.63) is 0 Å². The second-order valence-corrected chi connectivity index (χ2v) is 7.76. The Morgan fingerprint density at radius 2 is 1.23 bits per heavy atom. The zero-order valence-corrected chi connectivity index (χ0v) is 20.1. The first kappa shape index (κ1) is 31.7. The van der Waals surface area contributed by atoms with Gasteiger partial charge in [0, 0.05) is 18.8 Å². The number of hydrogen-bond donors (Lipinski definition) is 11. The Morgan fingerprint density at radius 3 is 1.69 bits per heavy atom. The first-order chi connectivity index (χ1) is 16.4. The summed E-state index contributed by atoms with van der Waals surface area (Å²) in [5.41, 5.74) is 26.8. The molecule has 16 nitrogen and oxygen atoms in total. The average Bonchev–Trinajstić information content (AvgIpc) is 2.79. The molecule has 17 heteroatoms. The molecule has 200 valence electrons. The number of carboxylic acids is 1. The van der Waals surface area contributed by atoms with E-state index in [1.54, 1.807) is 0 Å². The number of guanidine groups is 2. The highest BCUT2D eigenvalue weighted by atomic mass is 32.1. The van der Waals surface area contributed by atoms with Crippen LogP contribution in [0.5, 0.6) is 0 Å². The third kappa shape index (κ3) is 13.9. The molecular formula is C18H36N10O6S. The van der Waals surface area contributed by atoms with Crippen LogP contribution in [-0.4, -0.2) is 95.4 Å². The van der Waals surface area contributed by atoms with E-state index >= 15 is 0 Å². The molecule has 4 atom stereocenters. The SMILES string of the molecule is NC(N)=NCCCC(N)C(=O)NC(CS)C(=O)NC(CCCN=C(N)N)C(=O)NC(CO)C(=O)O. The van der Waals surface area contributed by atoms with E-state index in [0.717, 1.165) is 0 Å². The maximum atomic E-state index is 12.7. The lowest BCUT2D eigenvalue weighted by molar-refractivity contribution is -0.143. The molecule has 0 heterocycles. The molecule has 0 aliphatic carbocycles. The van der Waals surface area contributed by atoms with Crippen LogP contribution in [0.2, 0.25) is 0 Å². The molecule has 0 aromatic rings. The number of aliphatic hydroxyl groups is 1. The van der Waals surface area contributed by atoms with Crippen LogP contribution in [0.25, 0.3) is 0 Å². The van der Waals surface area contributed by atoms with Gasteiger partial charge in [-0.15, -0.1) is 0 Å². The number of nitrogens with one attached hydrogen (secondary N) is 3. The number of carbonyl (C=O) groups is 4. The fraction of sp³-hybridized carbons (Fsp3) is 0.667. The number of carbonyl (C=O) groups excluding carboxylic acids is 3. The Morgan fingerprint density at radius 1 is 0.771 bits per heavy atom. The van der Waals surface area contributed by atoms with Crippen molar-refractivity contribution in [2.75, 3.05) is 25.4 Å². The maximum Gasteiger partial charge on any atom is 0.328 e. The molecule has 0 fully saturated rings. The fourth-order valence-corrected chi connectivity index (χ4v) is 2.88. The van der Waals surface area contributed by atoms with Crippen molar-refractivity contribution in [1.82, 2.24) is 16.0 Å². The van der Waals surface area contributed by atoms with Gasteiger partial charge in [0.15, 0.2) is 11.9 Å². The fourth-order valence-electron chi connectivity index (χ4n) is 2.63. The van der Waals surface area contributed by atoms with Gasteiger partial charge in [-0.2, -0.15) is 12.6 Å². The van der Waals surface area contributed by atoms with Crippen LogP contribution >= 0.6 is 12.6 Å². The molecule has 0 radical (unpaired) electrons. The zero-order valence-electron chi connectivity index (χ0n) is 19.2. The summed E-state index contributed by atoms with van der Waals surface area (Å²) in [6.07, 6.45) is 0.963. The van der Waals surface area contributed by atoms with Crippen LogP contribution in [0.15, 0.2) is 9.98 Å². The van der Waals surface area contributed by atoms with Crippen molar-refractivity contribution in [3.63, 3.8) is 0 Å². The molecule has 0 aromatic heterocycles. The molecule has 4 unspecified atom stereocenters. The minimum Gasteiger partial charge on any atom is -0.480 e. The Bertz CT molecular complexity index is 773. The highest BCUT2D eigenvalue weighted by Crippen LogP contribution is 2.03. The Hall–Kier alpha value is -3.31. The number of hydrogen-bond acceptors (Lipinski definition) is 9. The lowest BCUT2D eigenvalue weighted by atomic mass is 10.1. The van der Waals surface area contributed by atoms with E-state index in [-0.39, 0.29) is 50.0 Å². The predicted octanol–water partition coefficient (Wildman–Crippen LogP) is -5.12. The smallest absolute Gasteiger partial charge is 0.328 e. The first-order valence-corrected chi connectivity index (χ1v) is 11.3. The molecule has 0 spiro atoms. The Kier molecular flexibility index (Phi) is 15.5. The molecule has 35 heavy (non-hydrogen) atoms. The van der Waals surface area contributed by atoms with Crippen molar-refractivity contribution in [3.8, 4) is 0 Å². The number of aliphatic hydroxyl groups excluding tert-OH is 1. The normalized spacial score (nSPS) is 13.9. The summed E-state index contributed by atoms with van der Waals surface area (Å²) >= 11 is 4.07. The lowest BCUT2D eigenvalue weighted by Crippen LogP contribution is -2.58. The Balaban J connectivity index is 5.18. The van der Waals surface area contributed by atoms with E-state index in [1.807, 2.05) is 0 Å². The van der Waals surface area contributed by atoms with Crippen LogP contribution < -0.4 is 44.6 Å². The molecule has 15 N–H and O–H groups in total. The second kappa shape index (κ2) is 17.2. The molecule has 0 saturated carbocycles. The highest BCUT2D eigenvalue weighted by molar-refractivity contribution is 7.80. The molecule has 0 aliphatic heterocycles. The molecule has 0 aromatic carbocycles. The van der Waals surface area contributed by atoms with Crippen LogP contribution in [0.4, 0.5) is 0 Å². The van der Waals surface area contributed by atoms with Gasteiger partial charge in [0.25, 0.3) is 0 Å². The molecule has 3 amide bonds. The quantitative estimate of drug-likeness (QED) is 0.0373. The van der Waals surface area contributed by atoms with Crippen molar-refractivity contribution in [2.24, 2.45) is 38.7 Å². The standard InChI is InChI=1S/C18H36N10O6S/c19-9(3-1-5-24-17(20)21)13(30)28-12(8-35)15(32)26-10(4-2-6-25-18(22)23)14(31)27-11(7-29)16(33)34/h9-12,29,35H,1-8,19H2,(H,26,32)(H,27,31)(H,28,30)(H,33,34)(H4,20,21,24)(H4,22,23,25). The van der Waals surface area contributed by atoms with Crippen LogP contribution in [0.3, 0.4) is 0 Å². The molecular weight excluding hydrogens is 484 g/mol. The maximum absolute atomic E-state index is 12.7. The van der Waals surface area contributed by atoms with Gasteiger partial charge in [-0.3, -0.25) is 24.4 Å². The van der Waals surface area contributed by atoms with Gasteiger partial charge in [-0.05, 0) is 25.7 Å². The summed E-state index contributed by atoms with van der Waals surface area (Å²) in [5.74, 6) is -4.04. The van der Waals surface area contributed by atoms with Gasteiger partial charge in [0.2, 0.25) is 17.7 Å². The van der Waals surface area contributed by atoms with Gasteiger partial charge in [0.1, 0.15) is 18.1 Å². The van der Waals surface area contributed by atoms with Gasteiger partial charge >= 0.3 is 5.97 Å². The number of nitrogens with zero attached hydrogens (tertiary/aromatic N) is 2. The molecule has 0 aliphatic rings. The Labute approximate surface area is 207 Å². The number of carboxylic acid groups (broad SMARTS) is 1. The summed E-state index contributed by atoms with van der Waals surface area (Å²) in [4.78, 5) is 56.3. The highest BCUT2D eigenvalue weighted by Gasteiger charge is 2.29. The number of rotatable bonds is 17. The van der Waals surface area contributed by atoms with Crippen molar-refractivity contribution in [2.45, 2.75) is 49.9 Å². The van der Waals surface area contributed by atoms with Crippen molar-refractivity contribution < 1.29 is 29.4 Å². The summed E-state index contributed by atoms with van der Waals surface area (Å²) < 4.78 is 0. The lowest BCUT2D eigenvalue weighted by Gasteiger charge is -2.24. The summed E-state index contributed by atoms with van der Waals surface area (Å²) in [6, 6.07) is -4.87. The van der Waals surface area contributed by atoms with Gasteiger partial charge < -0.3 is 54.8 Å². The first-order valence-electron chi connectivity index (χ1n) is 10.6. The minimum atomic E-state index is -1.57. The van der Waals surface area contributed by atoms with Gasteiger partial charge in [-0.1, -0.05) is 0 Å². The third-order valence-electron chi connectivity index (χ3n) is 4.50. The van der Waals surface area contributed by atoms with E-state index in [9.17, 15) is 19.2 Å². The minimum absolute atomic E-state index is 0.0314. The number of aliphatic imine (C=N–C) groups is 2. The zero-order chi connectivity index (χ0) is 27.0. The van der Waals surface area contributed by atoms with Crippen LogP contribution in [-0.2, 0) is 19.2 Å². The largest absolute Gasteiger partial charge is 0.480 e. The second-order valence-electron chi connectivity index (χ2n) is 7.39. The molecule has 0 saturated heterocycles. The number of thiol groups is 1. The average molecular weight is 521 g/mol. The monoisotopic (exact) mass is 520 g/mol. The van der Waals surface area contributed by atoms with Crippen LogP contribution in [0, 0.1) is 0 Å². The molecule has 0 rings (SSSR count). The summed E-state index contributed by atoms with van der Waals surface area (Å²) in [5, 5.41) is 25.2. The topological polar surface area (TPSA) is 300 Å². The summed E-state index contributed by atoms with van der Waals surface area (Å²) in [6.45, 7) is -0.431. The third-order valence-corrected chi connectivity index (χ3v) is 4.86. The van der Waals surface area contributed by atoms with E-state index in [1.165, 1.54) is 0 Å². The van der Waals surface area contributed by atoms with Gasteiger partial charge in [-0.25, -0.2) is 4.79 Å². The van der Waals surface area contributed by atoms with E-state index < -0.39 is 54.5 Å².